The van der Waals surface area contributed by atoms with Crippen molar-refractivity contribution in [3.05, 3.63) is 27.7 Å². The van der Waals surface area contributed by atoms with Gasteiger partial charge in [0, 0.05) is 22.6 Å². The summed E-state index contributed by atoms with van der Waals surface area (Å²) in [4.78, 5) is 11.3. The molecule has 1 atom stereocenters. The Morgan fingerprint density at radius 3 is 2.65 bits per heavy atom. The molecule has 110 valence electrons. The van der Waals surface area contributed by atoms with Crippen LogP contribution in [0, 0.1) is 5.41 Å². The summed E-state index contributed by atoms with van der Waals surface area (Å²) in [6, 6.07) is 4.41. The lowest BCUT2D eigenvalue weighted by molar-refractivity contribution is -0.146. The number of halogens is 2. The molecule has 1 aliphatic rings. The zero-order valence-electron chi connectivity index (χ0n) is 10.6. The summed E-state index contributed by atoms with van der Waals surface area (Å²) in [6.07, 6.45) is 0.298. The van der Waals surface area contributed by atoms with Crippen LogP contribution in [0.15, 0.2) is 27.6 Å². The van der Waals surface area contributed by atoms with Crippen molar-refractivity contribution in [2.45, 2.75) is 18.2 Å². The van der Waals surface area contributed by atoms with Gasteiger partial charge in [0.15, 0.2) is 0 Å². The highest BCUT2D eigenvalue weighted by Gasteiger charge is 2.45. The van der Waals surface area contributed by atoms with Gasteiger partial charge in [-0.3, -0.25) is 4.79 Å². The van der Waals surface area contributed by atoms with E-state index in [1.807, 2.05) is 0 Å². The summed E-state index contributed by atoms with van der Waals surface area (Å²) in [5.74, 6) is -0.981. The van der Waals surface area contributed by atoms with Crippen LogP contribution in [0.2, 0.25) is 5.02 Å². The second-order valence-electron chi connectivity index (χ2n) is 5.03. The SMILES string of the molecule is CC1(C(=O)O)CCN(S(=O)(=O)c2ccc(Cl)cc2Br)C1. The largest absolute Gasteiger partial charge is 0.481 e. The smallest absolute Gasteiger partial charge is 0.310 e. The summed E-state index contributed by atoms with van der Waals surface area (Å²) in [5, 5.41) is 9.59. The highest BCUT2D eigenvalue weighted by atomic mass is 79.9. The number of hydrogen-bond donors (Lipinski definition) is 1. The van der Waals surface area contributed by atoms with E-state index in [0.717, 1.165) is 0 Å². The van der Waals surface area contributed by atoms with Crippen LogP contribution in [0.3, 0.4) is 0 Å². The van der Waals surface area contributed by atoms with Gasteiger partial charge in [-0.05, 0) is 47.5 Å². The molecular formula is C12H13BrClNO4S. The molecule has 1 saturated heterocycles. The molecule has 8 heteroatoms. The highest BCUT2D eigenvalue weighted by Crippen LogP contribution is 2.35. The fourth-order valence-electron chi connectivity index (χ4n) is 2.12. The predicted molar refractivity (Wildman–Crippen MR) is 78.3 cm³/mol. The zero-order chi connectivity index (χ0) is 15.1. The highest BCUT2D eigenvalue weighted by molar-refractivity contribution is 9.10. The van der Waals surface area contributed by atoms with Gasteiger partial charge >= 0.3 is 5.97 Å². The Labute approximate surface area is 130 Å². The summed E-state index contributed by atoms with van der Waals surface area (Å²) in [5.41, 5.74) is -1.04. The maximum Gasteiger partial charge on any atom is 0.310 e. The molecule has 1 heterocycles. The fraction of sp³-hybridized carbons (Fsp3) is 0.417. The van der Waals surface area contributed by atoms with Crippen molar-refractivity contribution >= 4 is 43.5 Å². The maximum atomic E-state index is 12.5. The number of sulfonamides is 1. The number of carboxylic acid groups (broad SMARTS) is 1. The van der Waals surface area contributed by atoms with Crippen LogP contribution in [0.1, 0.15) is 13.3 Å². The molecular weight excluding hydrogens is 370 g/mol. The third-order valence-corrected chi connectivity index (χ3v) is 6.52. The molecule has 2 rings (SSSR count). The third-order valence-electron chi connectivity index (χ3n) is 3.47. The first-order valence-electron chi connectivity index (χ1n) is 5.85. The molecule has 0 saturated carbocycles. The quantitative estimate of drug-likeness (QED) is 0.872. The molecule has 1 aromatic carbocycles. The van der Waals surface area contributed by atoms with Gasteiger partial charge in [0.25, 0.3) is 0 Å². The van der Waals surface area contributed by atoms with Gasteiger partial charge in [0.1, 0.15) is 0 Å². The molecule has 0 amide bonds. The van der Waals surface area contributed by atoms with Crippen molar-refractivity contribution in [3.8, 4) is 0 Å². The topological polar surface area (TPSA) is 74.7 Å². The van der Waals surface area contributed by atoms with E-state index >= 15 is 0 Å². The van der Waals surface area contributed by atoms with Crippen LogP contribution in [0.5, 0.6) is 0 Å². The van der Waals surface area contributed by atoms with Crippen molar-refractivity contribution in [1.82, 2.24) is 4.31 Å². The van der Waals surface area contributed by atoms with Crippen molar-refractivity contribution in [2.24, 2.45) is 5.41 Å². The van der Waals surface area contributed by atoms with Crippen molar-refractivity contribution in [3.63, 3.8) is 0 Å². The molecule has 0 aromatic heterocycles. The van der Waals surface area contributed by atoms with Crippen molar-refractivity contribution < 1.29 is 18.3 Å². The van der Waals surface area contributed by atoms with Crippen LogP contribution >= 0.6 is 27.5 Å². The first kappa shape index (κ1) is 15.8. The summed E-state index contributed by atoms with van der Waals surface area (Å²) >= 11 is 8.98. The Balaban J connectivity index is 2.35. The number of carbonyl (C=O) groups is 1. The van der Waals surface area contributed by atoms with Crippen LogP contribution in [0.4, 0.5) is 0 Å². The Hall–Kier alpha value is -0.630. The third kappa shape index (κ3) is 2.72. The van der Waals surface area contributed by atoms with Gasteiger partial charge in [-0.2, -0.15) is 4.31 Å². The van der Waals surface area contributed by atoms with E-state index in [4.69, 9.17) is 16.7 Å². The van der Waals surface area contributed by atoms with Crippen LogP contribution < -0.4 is 0 Å². The molecule has 0 spiro atoms. The molecule has 1 unspecified atom stereocenters. The Morgan fingerprint density at radius 1 is 1.50 bits per heavy atom. The minimum Gasteiger partial charge on any atom is -0.481 e. The lowest BCUT2D eigenvalue weighted by Crippen LogP contribution is -2.35. The number of carboxylic acids is 1. The van der Waals surface area contributed by atoms with Crippen LogP contribution in [0.25, 0.3) is 0 Å². The zero-order valence-corrected chi connectivity index (χ0v) is 13.8. The van der Waals surface area contributed by atoms with E-state index in [1.54, 1.807) is 6.92 Å². The standard InChI is InChI=1S/C12H13BrClNO4S/c1-12(11(16)17)4-5-15(7-12)20(18,19)10-3-2-8(14)6-9(10)13/h2-3,6H,4-5,7H2,1H3,(H,16,17). The van der Waals surface area contributed by atoms with E-state index in [1.165, 1.54) is 22.5 Å². The monoisotopic (exact) mass is 381 g/mol. The number of hydrogen-bond acceptors (Lipinski definition) is 3. The van der Waals surface area contributed by atoms with Gasteiger partial charge in [-0.25, -0.2) is 8.42 Å². The maximum absolute atomic E-state index is 12.5. The molecule has 0 aliphatic carbocycles. The van der Waals surface area contributed by atoms with Gasteiger partial charge in [-0.1, -0.05) is 11.6 Å². The Bertz CT molecular complexity index is 663. The van der Waals surface area contributed by atoms with Crippen molar-refractivity contribution in [2.75, 3.05) is 13.1 Å². The van der Waals surface area contributed by atoms with Crippen molar-refractivity contribution in [1.29, 1.82) is 0 Å². The van der Waals surface area contributed by atoms with Gasteiger partial charge in [-0.15, -0.1) is 0 Å². The van der Waals surface area contributed by atoms with E-state index in [0.29, 0.717) is 15.9 Å². The average molecular weight is 383 g/mol. The molecule has 1 aliphatic heterocycles. The molecule has 1 fully saturated rings. The first-order valence-corrected chi connectivity index (χ1v) is 8.46. The van der Waals surface area contributed by atoms with Crippen LogP contribution in [-0.4, -0.2) is 36.9 Å². The normalized spacial score (nSPS) is 23.9. The Kier molecular flexibility index (Phi) is 4.17. The summed E-state index contributed by atoms with van der Waals surface area (Å²) in [7, 11) is -3.73. The Morgan fingerprint density at radius 2 is 2.15 bits per heavy atom. The van der Waals surface area contributed by atoms with Crippen LogP contribution in [-0.2, 0) is 14.8 Å². The van der Waals surface area contributed by atoms with Gasteiger partial charge < -0.3 is 5.11 Å². The molecule has 5 nitrogen and oxygen atoms in total. The minimum absolute atomic E-state index is 0.0280. The molecule has 0 bridgehead atoms. The number of rotatable bonds is 3. The predicted octanol–water partition coefficient (Wildman–Crippen LogP) is 2.59. The lowest BCUT2D eigenvalue weighted by atomic mass is 9.90. The number of nitrogens with zero attached hydrogens (tertiary/aromatic N) is 1. The molecule has 0 radical (unpaired) electrons. The first-order chi connectivity index (χ1) is 9.17. The van der Waals surface area contributed by atoms with Gasteiger partial charge in [0.2, 0.25) is 10.0 Å². The van der Waals surface area contributed by atoms with E-state index < -0.39 is 21.4 Å². The van der Waals surface area contributed by atoms with Gasteiger partial charge in [0.05, 0.1) is 10.3 Å². The van der Waals surface area contributed by atoms with E-state index in [9.17, 15) is 13.2 Å². The fourth-order valence-corrected chi connectivity index (χ4v) is 5.03. The minimum atomic E-state index is -3.73. The molecule has 1 N–H and O–H groups in total. The lowest BCUT2D eigenvalue weighted by Gasteiger charge is -2.20. The van der Waals surface area contributed by atoms with E-state index in [-0.39, 0.29) is 18.0 Å². The van der Waals surface area contributed by atoms with E-state index in [2.05, 4.69) is 15.9 Å². The number of benzene rings is 1. The number of aliphatic carboxylic acids is 1. The molecule has 1 aromatic rings. The molecule has 20 heavy (non-hydrogen) atoms. The summed E-state index contributed by atoms with van der Waals surface area (Å²) < 4.78 is 26.6. The second kappa shape index (κ2) is 5.29. The summed E-state index contributed by atoms with van der Waals surface area (Å²) in [6.45, 7) is 1.72. The second-order valence-corrected chi connectivity index (χ2v) is 8.23. The average Bonchev–Trinajstić information content (AvgIpc) is 2.73.